The maximum absolute atomic E-state index is 14.4. The van der Waals surface area contributed by atoms with Gasteiger partial charge in [0.25, 0.3) is 0 Å². The normalized spacial score (nSPS) is 19.9. The number of hydrogen-bond donors (Lipinski definition) is 2. The number of fused-ring (bicyclic) bond motifs is 1. The summed E-state index contributed by atoms with van der Waals surface area (Å²) in [4.78, 5) is 55.8. The molecule has 3 heterocycles. The lowest BCUT2D eigenvalue weighted by molar-refractivity contribution is -0.173. The Morgan fingerprint density at radius 1 is 0.879 bits per heavy atom. The van der Waals surface area contributed by atoms with E-state index in [0.717, 1.165) is 57.7 Å². The van der Waals surface area contributed by atoms with Crippen molar-refractivity contribution in [2.45, 2.75) is 168 Å². The third-order valence-electron chi connectivity index (χ3n) is 10.3. The molecule has 0 aliphatic carbocycles. The average molecular weight is 947 g/mol. The van der Waals surface area contributed by atoms with Gasteiger partial charge in [-0.2, -0.15) is 10.4 Å². The molecule has 66 heavy (non-hydrogen) atoms. The number of carbonyl (C=O) groups excluding carboxylic acids is 4. The minimum Gasteiger partial charge on any atom is -0.465 e. The zero-order valence-electron chi connectivity index (χ0n) is 39.8. The van der Waals surface area contributed by atoms with Crippen LogP contribution in [0.15, 0.2) is 42.8 Å². The van der Waals surface area contributed by atoms with Crippen LogP contribution in [0.5, 0.6) is 0 Å². The fourth-order valence-corrected chi connectivity index (χ4v) is 8.00. The predicted octanol–water partition coefficient (Wildman–Crippen LogP) is 8.56. The van der Waals surface area contributed by atoms with Crippen LogP contribution < -0.4 is 10.8 Å². The van der Waals surface area contributed by atoms with E-state index in [-0.39, 0.29) is 18.1 Å². The first-order valence-corrected chi connectivity index (χ1v) is 24.6. The van der Waals surface area contributed by atoms with Gasteiger partial charge in [0.05, 0.1) is 36.8 Å². The van der Waals surface area contributed by atoms with Crippen LogP contribution in [0.1, 0.15) is 138 Å². The molecule has 0 unspecified atom stereocenters. The highest BCUT2D eigenvalue weighted by atomic mass is 31.2. The molecule has 0 saturated carbocycles. The fraction of sp³-hybridized carbons (Fsp3) is 0.674. The Bertz CT molecular complexity index is 2000. The van der Waals surface area contributed by atoms with E-state index in [0.29, 0.717) is 11.9 Å². The number of carbonyl (C=O) groups is 4. The topological polar surface area (TPSA) is 251 Å². The highest BCUT2D eigenvalue weighted by Crippen LogP contribution is 2.48. The second-order valence-corrected chi connectivity index (χ2v) is 18.7. The lowest BCUT2D eigenvalue weighted by Crippen LogP contribution is -2.47. The zero-order valence-corrected chi connectivity index (χ0v) is 40.7. The van der Waals surface area contributed by atoms with E-state index in [4.69, 9.17) is 43.2 Å². The first kappa shape index (κ1) is 55.5. The van der Waals surface area contributed by atoms with Gasteiger partial charge in [-0.3, -0.25) is 23.4 Å². The highest BCUT2D eigenvalue weighted by molar-refractivity contribution is 7.51. The maximum Gasteiger partial charge on any atom is 0.510 e. The van der Waals surface area contributed by atoms with Crippen molar-refractivity contribution >= 4 is 43.1 Å². The molecule has 0 radical (unpaired) electrons. The number of nitrogens with one attached hydrogen (secondary N) is 1. The predicted molar refractivity (Wildman–Crippen MR) is 244 cm³/mol. The Morgan fingerprint density at radius 3 is 2.15 bits per heavy atom. The lowest BCUT2D eigenvalue weighted by atomic mass is 9.92. The van der Waals surface area contributed by atoms with E-state index in [2.05, 4.69) is 52.5 Å². The van der Waals surface area contributed by atoms with Gasteiger partial charge in [-0.15, -0.1) is 0 Å². The van der Waals surface area contributed by atoms with Gasteiger partial charge < -0.3 is 34.2 Å². The molecule has 1 saturated heterocycles. The number of hydrogen-bond acceptors (Lipinski definition) is 17. The van der Waals surface area contributed by atoms with Crippen molar-refractivity contribution in [1.29, 1.82) is 5.26 Å². The number of rotatable bonds is 30. The van der Waals surface area contributed by atoms with Gasteiger partial charge in [-0.1, -0.05) is 97.4 Å². The van der Waals surface area contributed by atoms with Crippen LogP contribution in [0.4, 0.5) is 10.6 Å². The van der Waals surface area contributed by atoms with Crippen molar-refractivity contribution in [3.8, 4) is 6.07 Å². The van der Waals surface area contributed by atoms with Crippen molar-refractivity contribution < 1.29 is 61.2 Å². The third-order valence-corrected chi connectivity index (χ3v) is 11.9. The molecule has 19 nitrogen and oxygen atoms in total. The SMILES string of the molecule is CCCCC/C=C\C/C=C\CCCCCCCCOC(=O)[C@H](C)N[P@@](=O)(OCOC(=O)OC(C)C)OC[C@H]1O[C@@](C#N)(c2ccc3c(N)ncnn23)[C@H](OC(=O)C(C)C)[C@@H]1OC(=O)C(C)C. The molecule has 2 aromatic rings. The van der Waals surface area contributed by atoms with E-state index in [9.17, 15) is 29.0 Å². The number of aromatic nitrogens is 3. The van der Waals surface area contributed by atoms with Crippen molar-refractivity contribution in [2.24, 2.45) is 11.8 Å². The fourth-order valence-electron chi connectivity index (χ4n) is 6.67. The standard InChI is InChI=1S/C46H71N6O13P/c1-9-10-11-12-13-14-15-16-17-18-19-20-21-22-23-24-27-58-44(55)35(8)51-66(57,61-31-59-45(56)62-34(6)7)60-28-37-39(63-42(53)32(2)3)40(64-43(54)33(4)5)46(29-47,65-37)38-26-25-36-41(48)49-30-50-52(36)38/h13-14,16-17,25-26,30,32-35,37,39-40H,9-12,15,18-24,27-28,31H2,1-8H3,(H,51,57)(H2,48,49,50)/b14-13-,17-16-/t35-,37+,39+,40+,46-,66-/m0/s1. The summed E-state index contributed by atoms with van der Waals surface area (Å²) in [7, 11) is -4.69. The second-order valence-electron chi connectivity index (χ2n) is 16.9. The summed E-state index contributed by atoms with van der Waals surface area (Å²) >= 11 is 0. The molecule has 6 atom stereocenters. The minimum absolute atomic E-state index is 0.0366. The summed E-state index contributed by atoms with van der Waals surface area (Å²) in [6.07, 6.45) is 16.4. The van der Waals surface area contributed by atoms with Crippen molar-refractivity contribution in [2.75, 3.05) is 25.7 Å². The third kappa shape index (κ3) is 17.4. The molecule has 1 aliphatic heterocycles. The van der Waals surface area contributed by atoms with Gasteiger partial charge in [0.15, 0.2) is 18.0 Å². The van der Waals surface area contributed by atoms with Gasteiger partial charge >= 0.3 is 31.8 Å². The molecule has 3 rings (SSSR count). The Hall–Kier alpha value is -4.86. The average Bonchev–Trinajstić information content (AvgIpc) is 3.83. The molecule has 0 bridgehead atoms. The lowest BCUT2D eigenvalue weighted by Gasteiger charge is -2.29. The van der Waals surface area contributed by atoms with Crippen LogP contribution >= 0.6 is 7.75 Å². The number of nitrogens with two attached hydrogens (primary N) is 1. The molecule has 0 spiro atoms. The van der Waals surface area contributed by atoms with Crippen LogP contribution in [0, 0.1) is 23.2 Å². The number of allylic oxidation sites excluding steroid dienone is 4. The molecule has 0 aromatic carbocycles. The number of unbranched alkanes of at least 4 members (excludes halogenated alkanes) is 9. The van der Waals surface area contributed by atoms with Crippen LogP contribution in [0.3, 0.4) is 0 Å². The number of ether oxygens (including phenoxy) is 6. The van der Waals surface area contributed by atoms with Crippen molar-refractivity contribution in [1.82, 2.24) is 19.7 Å². The van der Waals surface area contributed by atoms with Crippen LogP contribution in [-0.4, -0.2) is 89.1 Å². The van der Waals surface area contributed by atoms with E-state index < -0.39 is 93.1 Å². The van der Waals surface area contributed by atoms with Crippen LogP contribution in [0.25, 0.3) is 5.52 Å². The first-order valence-electron chi connectivity index (χ1n) is 23.0. The van der Waals surface area contributed by atoms with Crippen LogP contribution in [0.2, 0.25) is 0 Å². The largest absolute Gasteiger partial charge is 0.510 e. The van der Waals surface area contributed by atoms with Gasteiger partial charge in [-0.25, -0.2) is 23.9 Å². The Kier molecular flexibility index (Phi) is 23.8. The van der Waals surface area contributed by atoms with Gasteiger partial charge in [0, 0.05) is 0 Å². The Labute approximate surface area is 389 Å². The highest BCUT2D eigenvalue weighted by Gasteiger charge is 2.63. The van der Waals surface area contributed by atoms with Crippen molar-refractivity contribution in [3.05, 3.63) is 48.5 Å². The summed E-state index contributed by atoms with van der Waals surface area (Å²) in [6, 6.07) is 3.81. The van der Waals surface area contributed by atoms with Gasteiger partial charge in [0.1, 0.15) is 30.1 Å². The first-order chi connectivity index (χ1) is 31.5. The summed E-state index contributed by atoms with van der Waals surface area (Å²) < 4.78 is 60.5. The smallest absolute Gasteiger partial charge is 0.465 e. The van der Waals surface area contributed by atoms with Gasteiger partial charge in [0.2, 0.25) is 12.4 Å². The molecular weight excluding hydrogens is 876 g/mol. The molecule has 20 heteroatoms. The summed E-state index contributed by atoms with van der Waals surface area (Å²) in [6.45, 7) is 11.5. The number of nitrogens with zero attached hydrogens (tertiary/aromatic N) is 4. The van der Waals surface area contributed by atoms with E-state index >= 15 is 0 Å². The number of nitriles is 1. The molecule has 1 fully saturated rings. The Balaban J connectivity index is 1.72. The summed E-state index contributed by atoms with van der Waals surface area (Å²) in [5.41, 5.74) is 4.19. The summed E-state index contributed by atoms with van der Waals surface area (Å²) in [5.74, 6) is -3.58. The maximum atomic E-state index is 14.4. The molecule has 368 valence electrons. The summed E-state index contributed by atoms with van der Waals surface area (Å²) in [5, 5.41) is 17.7. The number of esters is 3. The number of anilines is 1. The molecule has 1 aliphatic rings. The second kappa shape index (κ2) is 28.3. The van der Waals surface area contributed by atoms with E-state index in [1.165, 1.54) is 42.8 Å². The molecule has 3 N–H and O–H groups in total. The quantitative estimate of drug-likeness (QED) is 0.0186. The Morgan fingerprint density at radius 2 is 1.52 bits per heavy atom. The van der Waals surface area contributed by atoms with Gasteiger partial charge in [-0.05, 0) is 71.4 Å². The van der Waals surface area contributed by atoms with E-state index in [1.54, 1.807) is 41.5 Å². The minimum atomic E-state index is -4.69. The van der Waals surface area contributed by atoms with Crippen LogP contribution in [-0.2, 0) is 62.0 Å². The molecule has 2 aromatic heterocycles. The monoisotopic (exact) mass is 946 g/mol. The van der Waals surface area contributed by atoms with E-state index in [1.807, 2.05) is 0 Å². The number of nitrogen functional groups attached to an aromatic ring is 1. The molecule has 0 amide bonds. The zero-order chi connectivity index (χ0) is 48.7. The molecular formula is C46H71N6O13P. The van der Waals surface area contributed by atoms with Crippen molar-refractivity contribution in [3.63, 3.8) is 0 Å².